The van der Waals surface area contributed by atoms with Crippen molar-refractivity contribution in [2.45, 2.75) is 25.4 Å². The third-order valence-corrected chi connectivity index (χ3v) is 4.13. The number of hydrogen-bond donors (Lipinski definition) is 1. The molecule has 0 unspecified atom stereocenters. The van der Waals surface area contributed by atoms with Gasteiger partial charge in [-0.25, -0.2) is 0 Å². The number of para-hydroxylation sites is 1. The lowest BCUT2D eigenvalue weighted by Crippen LogP contribution is -2.32. The van der Waals surface area contributed by atoms with Gasteiger partial charge in [-0.15, -0.1) is 0 Å². The summed E-state index contributed by atoms with van der Waals surface area (Å²) in [7, 11) is 0. The van der Waals surface area contributed by atoms with Crippen LogP contribution in [0.2, 0.25) is 0 Å². The lowest BCUT2D eigenvalue weighted by atomic mass is 9.94. The summed E-state index contributed by atoms with van der Waals surface area (Å²) < 4.78 is 16.2. The van der Waals surface area contributed by atoms with E-state index in [0.29, 0.717) is 36.5 Å². The van der Waals surface area contributed by atoms with Gasteiger partial charge in [-0.05, 0) is 25.1 Å². The second-order valence-corrected chi connectivity index (χ2v) is 5.61. The molecule has 6 nitrogen and oxygen atoms in total. The molecule has 0 radical (unpaired) electrons. The summed E-state index contributed by atoms with van der Waals surface area (Å²) in [6.07, 6.45) is 1.59. The predicted octanol–water partition coefficient (Wildman–Crippen LogP) is 2.98. The van der Waals surface area contributed by atoms with Crippen LogP contribution in [0.1, 0.15) is 24.3 Å². The fraction of sp³-hybridized carbons (Fsp3) is 0.294. The van der Waals surface area contributed by atoms with Crippen molar-refractivity contribution in [3.05, 3.63) is 54.1 Å². The van der Waals surface area contributed by atoms with Gasteiger partial charge in [0.15, 0.2) is 5.76 Å². The average molecular weight is 311 g/mol. The van der Waals surface area contributed by atoms with Crippen LogP contribution in [0.5, 0.6) is 5.75 Å². The van der Waals surface area contributed by atoms with Crippen LogP contribution in [0.3, 0.4) is 0 Å². The Morgan fingerprint density at radius 3 is 3.04 bits per heavy atom. The van der Waals surface area contributed by atoms with Gasteiger partial charge in [0.25, 0.3) is 0 Å². The lowest BCUT2D eigenvalue weighted by molar-refractivity contribution is 0.295. The molecule has 3 aromatic rings. The number of ether oxygens (including phenoxy) is 1. The van der Waals surface area contributed by atoms with E-state index in [0.717, 1.165) is 5.75 Å². The first-order valence-corrected chi connectivity index (χ1v) is 7.63. The van der Waals surface area contributed by atoms with Crippen molar-refractivity contribution in [3.8, 4) is 17.3 Å². The number of nitrogens with one attached hydrogen (secondary N) is 1. The van der Waals surface area contributed by atoms with Gasteiger partial charge in [0.05, 0.1) is 19.4 Å². The number of furan rings is 1. The molecule has 118 valence electrons. The number of hydrogen-bond acceptors (Lipinski definition) is 6. The maximum Gasteiger partial charge on any atom is 0.241 e. The number of rotatable bonds is 5. The van der Waals surface area contributed by atoms with Crippen molar-refractivity contribution >= 4 is 0 Å². The third kappa shape index (κ3) is 2.73. The lowest BCUT2D eigenvalue weighted by Gasteiger charge is -2.18. The Hall–Kier alpha value is -2.60. The van der Waals surface area contributed by atoms with E-state index in [1.54, 1.807) is 18.4 Å². The normalized spacial score (nSPS) is 17.7. The molecule has 0 spiro atoms. The Kier molecular flexibility index (Phi) is 3.59. The summed E-state index contributed by atoms with van der Waals surface area (Å²) in [4.78, 5) is 4.33. The van der Waals surface area contributed by atoms with Crippen LogP contribution in [0, 0.1) is 0 Å². The van der Waals surface area contributed by atoms with E-state index in [4.69, 9.17) is 13.7 Å². The molecule has 23 heavy (non-hydrogen) atoms. The van der Waals surface area contributed by atoms with Crippen LogP contribution >= 0.6 is 0 Å². The minimum Gasteiger partial charge on any atom is -0.493 e. The molecule has 1 aliphatic heterocycles. The molecule has 1 aliphatic rings. The first-order valence-electron chi connectivity index (χ1n) is 7.63. The maximum absolute atomic E-state index is 5.73. The van der Waals surface area contributed by atoms with Crippen LogP contribution in [0.15, 0.2) is 51.6 Å². The van der Waals surface area contributed by atoms with Crippen LogP contribution < -0.4 is 10.1 Å². The minimum absolute atomic E-state index is 0.234. The van der Waals surface area contributed by atoms with Crippen molar-refractivity contribution in [2.75, 3.05) is 6.61 Å². The van der Waals surface area contributed by atoms with Crippen molar-refractivity contribution in [3.63, 3.8) is 0 Å². The Balaban J connectivity index is 1.40. The highest BCUT2D eigenvalue weighted by atomic mass is 16.5. The fourth-order valence-corrected chi connectivity index (χ4v) is 2.82. The van der Waals surface area contributed by atoms with Crippen LogP contribution in [0.25, 0.3) is 11.6 Å². The molecule has 2 atom stereocenters. The second-order valence-electron chi connectivity index (χ2n) is 5.61. The molecule has 0 aliphatic carbocycles. The number of fused-ring (bicyclic) bond motifs is 1. The van der Waals surface area contributed by atoms with E-state index in [1.807, 2.05) is 18.2 Å². The number of benzene rings is 1. The first-order chi connectivity index (χ1) is 11.3. The summed E-state index contributed by atoms with van der Waals surface area (Å²) >= 11 is 0. The molecule has 0 fully saturated rings. The van der Waals surface area contributed by atoms with Gasteiger partial charge in [0.1, 0.15) is 5.75 Å². The SMILES string of the molecule is C[C@H](NCc1nc(-c2ccco2)no1)[C@@H]1COc2ccccc21. The quantitative estimate of drug-likeness (QED) is 0.781. The summed E-state index contributed by atoms with van der Waals surface area (Å²) in [5.41, 5.74) is 1.24. The van der Waals surface area contributed by atoms with Gasteiger partial charge in [-0.2, -0.15) is 4.98 Å². The highest BCUT2D eigenvalue weighted by Crippen LogP contribution is 2.35. The largest absolute Gasteiger partial charge is 0.493 e. The van der Waals surface area contributed by atoms with E-state index < -0.39 is 0 Å². The number of nitrogens with zero attached hydrogens (tertiary/aromatic N) is 2. The maximum atomic E-state index is 5.73. The molecular weight excluding hydrogens is 294 g/mol. The van der Waals surface area contributed by atoms with E-state index in [1.165, 1.54) is 5.56 Å². The van der Waals surface area contributed by atoms with Gasteiger partial charge < -0.3 is 19.0 Å². The number of aromatic nitrogens is 2. The molecule has 0 bridgehead atoms. The molecule has 0 saturated carbocycles. The van der Waals surface area contributed by atoms with E-state index >= 15 is 0 Å². The van der Waals surface area contributed by atoms with Crippen LogP contribution in [-0.2, 0) is 6.54 Å². The van der Waals surface area contributed by atoms with Crippen LogP contribution in [-0.4, -0.2) is 22.8 Å². The van der Waals surface area contributed by atoms with Crippen LogP contribution in [0.4, 0.5) is 0 Å². The molecule has 1 N–H and O–H groups in total. The third-order valence-electron chi connectivity index (χ3n) is 4.13. The van der Waals surface area contributed by atoms with Crippen molar-refractivity contribution in [2.24, 2.45) is 0 Å². The van der Waals surface area contributed by atoms with Crippen molar-refractivity contribution in [1.29, 1.82) is 0 Å². The molecule has 0 amide bonds. The van der Waals surface area contributed by atoms with Gasteiger partial charge in [-0.3, -0.25) is 0 Å². The van der Waals surface area contributed by atoms with E-state index in [2.05, 4.69) is 28.4 Å². The van der Waals surface area contributed by atoms with E-state index in [-0.39, 0.29) is 6.04 Å². The summed E-state index contributed by atoms with van der Waals surface area (Å²) in [6, 6.07) is 12.0. The summed E-state index contributed by atoms with van der Waals surface area (Å²) in [6.45, 7) is 3.34. The van der Waals surface area contributed by atoms with Crippen molar-refractivity contribution in [1.82, 2.24) is 15.5 Å². The minimum atomic E-state index is 0.234. The highest BCUT2D eigenvalue weighted by molar-refractivity contribution is 5.44. The average Bonchev–Trinajstić information content (AvgIpc) is 3.31. The Bertz CT molecular complexity index is 782. The molecule has 2 aromatic heterocycles. The molecule has 0 saturated heterocycles. The standard InChI is InChI=1S/C17H17N3O3/c1-11(13-10-22-14-6-3-2-5-12(13)14)18-9-16-19-17(20-23-16)15-7-4-8-21-15/h2-8,11,13,18H,9-10H2,1H3/t11-,13-/m0/s1. The second kappa shape index (κ2) is 5.89. The Labute approximate surface area is 133 Å². The zero-order valence-corrected chi connectivity index (χ0v) is 12.7. The zero-order chi connectivity index (χ0) is 15.6. The van der Waals surface area contributed by atoms with Gasteiger partial charge in [0, 0.05) is 17.5 Å². The Morgan fingerprint density at radius 1 is 1.26 bits per heavy atom. The monoisotopic (exact) mass is 311 g/mol. The first kappa shape index (κ1) is 14.0. The Morgan fingerprint density at radius 2 is 2.17 bits per heavy atom. The predicted molar refractivity (Wildman–Crippen MR) is 83.0 cm³/mol. The highest BCUT2D eigenvalue weighted by Gasteiger charge is 2.28. The molecule has 4 rings (SSSR count). The van der Waals surface area contributed by atoms with Gasteiger partial charge in [-0.1, -0.05) is 23.4 Å². The molecule has 1 aromatic carbocycles. The van der Waals surface area contributed by atoms with Gasteiger partial charge in [0.2, 0.25) is 11.7 Å². The summed E-state index contributed by atoms with van der Waals surface area (Å²) in [5, 5.41) is 7.36. The molecule has 6 heteroatoms. The van der Waals surface area contributed by atoms with Crippen molar-refractivity contribution < 1.29 is 13.7 Å². The van der Waals surface area contributed by atoms with Gasteiger partial charge >= 0.3 is 0 Å². The topological polar surface area (TPSA) is 73.3 Å². The van der Waals surface area contributed by atoms with E-state index in [9.17, 15) is 0 Å². The molecule has 3 heterocycles. The fourth-order valence-electron chi connectivity index (χ4n) is 2.82. The molecular formula is C17H17N3O3. The summed E-state index contributed by atoms with van der Waals surface area (Å²) in [5.74, 6) is 2.90. The smallest absolute Gasteiger partial charge is 0.241 e. The zero-order valence-electron chi connectivity index (χ0n) is 12.7.